The highest BCUT2D eigenvalue weighted by Crippen LogP contribution is 2.35. The van der Waals surface area contributed by atoms with Gasteiger partial charge < -0.3 is 10.2 Å². The Balaban J connectivity index is 1.88. The zero-order valence-corrected chi connectivity index (χ0v) is 10.5. The lowest BCUT2D eigenvalue weighted by atomic mass is 9.74. The molecule has 0 aromatic heterocycles. The van der Waals surface area contributed by atoms with E-state index >= 15 is 0 Å². The fourth-order valence-corrected chi connectivity index (χ4v) is 2.61. The quantitative estimate of drug-likeness (QED) is 0.564. The van der Waals surface area contributed by atoms with Crippen LogP contribution in [0, 0.1) is 11.8 Å². The maximum absolute atomic E-state index is 9.31. The van der Waals surface area contributed by atoms with E-state index in [0.29, 0.717) is 19.1 Å². The van der Waals surface area contributed by atoms with E-state index in [-0.39, 0.29) is 0 Å². The Labute approximate surface area is 100 Å². The second kappa shape index (κ2) is 9.00. The molecule has 0 saturated heterocycles. The molecule has 0 heterocycles. The first-order valence-electron chi connectivity index (χ1n) is 7.10. The van der Waals surface area contributed by atoms with Crippen LogP contribution in [0.15, 0.2) is 0 Å². The second-order valence-corrected chi connectivity index (χ2v) is 5.27. The number of hydrogen-bond acceptors (Lipinski definition) is 2. The van der Waals surface area contributed by atoms with E-state index in [9.17, 15) is 5.11 Å². The molecule has 1 fully saturated rings. The van der Waals surface area contributed by atoms with Gasteiger partial charge in [0.1, 0.15) is 0 Å². The summed E-state index contributed by atoms with van der Waals surface area (Å²) in [5, 5.41) is 17.9. The van der Waals surface area contributed by atoms with Crippen LogP contribution in [0.1, 0.15) is 64.2 Å². The summed E-state index contributed by atoms with van der Waals surface area (Å²) in [5.74, 6) is 1.42. The highest BCUT2D eigenvalue weighted by molar-refractivity contribution is 4.77. The van der Waals surface area contributed by atoms with Crippen molar-refractivity contribution >= 4 is 0 Å². The van der Waals surface area contributed by atoms with Crippen molar-refractivity contribution in [3.05, 3.63) is 0 Å². The van der Waals surface area contributed by atoms with Crippen LogP contribution >= 0.6 is 0 Å². The smallest absolute Gasteiger partial charge is 0.0461 e. The number of unbranched alkanes of at least 4 members (excludes halogenated alkanes) is 5. The zero-order valence-electron chi connectivity index (χ0n) is 10.5. The average Bonchev–Trinajstić information content (AvgIpc) is 2.23. The number of hydrogen-bond donors (Lipinski definition) is 2. The third-order valence-corrected chi connectivity index (χ3v) is 4.03. The Bertz CT molecular complexity index is 155. The first-order valence-corrected chi connectivity index (χ1v) is 7.10. The van der Waals surface area contributed by atoms with E-state index < -0.39 is 0 Å². The molecule has 0 aliphatic heterocycles. The van der Waals surface area contributed by atoms with Gasteiger partial charge in [-0.05, 0) is 24.7 Å². The normalized spacial score (nSPS) is 18.4. The zero-order chi connectivity index (χ0) is 11.6. The third-order valence-electron chi connectivity index (χ3n) is 4.03. The van der Waals surface area contributed by atoms with Crippen molar-refractivity contribution in [2.24, 2.45) is 11.8 Å². The van der Waals surface area contributed by atoms with Crippen molar-refractivity contribution in [3.8, 4) is 0 Å². The summed E-state index contributed by atoms with van der Waals surface area (Å²) < 4.78 is 0. The molecule has 0 aromatic carbocycles. The van der Waals surface area contributed by atoms with Crippen molar-refractivity contribution < 1.29 is 10.2 Å². The SMILES string of the molecule is OCCCCCCCCC(CO)C1CCC1. The maximum atomic E-state index is 9.31. The van der Waals surface area contributed by atoms with Crippen LogP contribution in [0.4, 0.5) is 0 Å². The van der Waals surface area contributed by atoms with Crippen molar-refractivity contribution in [1.29, 1.82) is 0 Å². The van der Waals surface area contributed by atoms with E-state index in [1.807, 2.05) is 0 Å². The molecule has 0 amide bonds. The predicted molar refractivity (Wildman–Crippen MR) is 67.3 cm³/mol. The Morgan fingerprint density at radius 1 is 0.875 bits per heavy atom. The van der Waals surface area contributed by atoms with Crippen LogP contribution in [-0.4, -0.2) is 23.4 Å². The molecule has 2 heteroatoms. The molecule has 1 atom stereocenters. The van der Waals surface area contributed by atoms with Crippen molar-refractivity contribution in [3.63, 3.8) is 0 Å². The van der Waals surface area contributed by atoms with E-state index in [1.165, 1.54) is 57.8 Å². The molecule has 0 spiro atoms. The lowest BCUT2D eigenvalue weighted by molar-refractivity contribution is 0.114. The minimum absolute atomic E-state index is 0.342. The molecule has 2 N–H and O–H groups in total. The monoisotopic (exact) mass is 228 g/mol. The highest BCUT2D eigenvalue weighted by atomic mass is 16.3. The summed E-state index contributed by atoms with van der Waals surface area (Å²) in [6, 6.07) is 0. The molecule has 1 unspecified atom stereocenters. The van der Waals surface area contributed by atoms with Crippen molar-refractivity contribution in [2.75, 3.05) is 13.2 Å². The van der Waals surface area contributed by atoms with Gasteiger partial charge in [0.05, 0.1) is 0 Å². The van der Waals surface area contributed by atoms with Crippen LogP contribution in [0.25, 0.3) is 0 Å². The van der Waals surface area contributed by atoms with Gasteiger partial charge in [0, 0.05) is 13.2 Å². The van der Waals surface area contributed by atoms with Crippen molar-refractivity contribution in [1.82, 2.24) is 0 Å². The van der Waals surface area contributed by atoms with Gasteiger partial charge in [-0.15, -0.1) is 0 Å². The Morgan fingerprint density at radius 3 is 2.00 bits per heavy atom. The standard InChI is InChI=1S/C14H28O2/c15-11-6-4-2-1-3-5-8-14(12-16)13-9-7-10-13/h13-16H,1-12H2. The Hall–Kier alpha value is -0.0800. The molecule has 16 heavy (non-hydrogen) atoms. The second-order valence-electron chi connectivity index (χ2n) is 5.27. The first kappa shape index (κ1) is 14.0. The van der Waals surface area contributed by atoms with Gasteiger partial charge in [-0.2, -0.15) is 0 Å². The van der Waals surface area contributed by atoms with Gasteiger partial charge in [0.25, 0.3) is 0 Å². The van der Waals surface area contributed by atoms with Crippen LogP contribution < -0.4 is 0 Å². The molecular formula is C14H28O2. The average molecular weight is 228 g/mol. The number of aliphatic hydroxyl groups is 2. The van der Waals surface area contributed by atoms with Gasteiger partial charge in [0.2, 0.25) is 0 Å². The topological polar surface area (TPSA) is 40.5 Å². The van der Waals surface area contributed by atoms with Crippen LogP contribution in [0.3, 0.4) is 0 Å². The summed E-state index contributed by atoms with van der Waals surface area (Å²) in [7, 11) is 0. The van der Waals surface area contributed by atoms with E-state index in [2.05, 4.69) is 0 Å². The molecular weight excluding hydrogens is 200 g/mol. The first-order chi connectivity index (χ1) is 7.88. The van der Waals surface area contributed by atoms with Gasteiger partial charge in [-0.3, -0.25) is 0 Å². The summed E-state index contributed by atoms with van der Waals surface area (Å²) in [6.45, 7) is 0.740. The molecule has 1 aliphatic carbocycles. The molecule has 96 valence electrons. The van der Waals surface area contributed by atoms with Crippen LogP contribution in [-0.2, 0) is 0 Å². The van der Waals surface area contributed by atoms with E-state index in [1.54, 1.807) is 0 Å². The summed E-state index contributed by atoms with van der Waals surface area (Å²) in [4.78, 5) is 0. The predicted octanol–water partition coefficient (Wildman–Crippen LogP) is 3.12. The molecule has 0 bridgehead atoms. The lowest BCUT2D eigenvalue weighted by Crippen LogP contribution is -2.24. The van der Waals surface area contributed by atoms with Gasteiger partial charge >= 0.3 is 0 Å². The number of rotatable bonds is 10. The van der Waals surface area contributed by atoms with Crippen LogP contribution in [0.2, 0.25) is 0 Å². The number of aliphatic hydroxyl groups excluding tert-OH is 2. The molecule has 2 nitrogen and oxygen atoms in total. The molecule has 1 rings (SSSR count). The lowest BCUT2D eigenvalue weighted by Gasteiger charge is -2.32. The summed E-state index contributed by atoms with van der Waals surface area (Å²) in [5.41, 5.74) is 0. The highest BCUT2D eigenvalue weighted by Gasteiger charge is 2.25. The molecule has 1 saturated carbocycles. The van der Waals surface area contributed by atoms with Gasteiger partial charge in [0.15, 0.2) is 0 Å². The van der Waals surface area contributed by atoms with E-state index in [4.69, 9.17) is 5.11 Å². The third kappa shape index (κ3) is 5.31. The Kier molecular flexibility index (Phi) is 7.87. The largest absolute Gasteiger partial charge is 0.396 e. The fourth-order valence-electron chi connectivity index (χ4n) is 2.61. The summed E-state index contributed by atoms with van der Waals surface area (Å²) in [6.07, 6.45) is 12.6. The Morgan fingerprint density at radius 2 is 1.50 bits per heavy atom. The molecule has 0 radical (unpaired) electrons. The molecule has 1 aliphatic rings. The fraction of sp³-hybridized carbons (Fsp3) is 1.00. The van der Waals surface area contributed by atoms with Gasteiger partial charge in [-0.25, -0.2) is 0 Å². The van der Waals surface area contributed by atoms with Gasteiger partial charge in [-0.1, -0.05) is 51.4 Å². The van der Waals surface area contributed by atoms with Crippen molar-refractivity contribution in [2.45, 2.75) is 64.2 Å². The minimum atomic E-state index is 0.342. The van der Waals surface area contributed by atoms with E-state index in [0.717, 1.165) is 12.3 Å². The maximum Gasteiger partial charge on any atom is 0.0461 e. The van der Waals surface area contributed by atoms with Crippen LogP contribution in [0.5, 0.6) is 0 Å². The summed E-state index contributed by atoms with van der Waals surface area (Å²) >= 11 is 0. The molecule has 0 aromatic rings. The minimum Gasteiger partial charge on any atom is -0.396 e.